The van der Waals surface area contributed by atoms with Crippen molar-refractivity contribution in [2.75, 3.05) is 12.8 Å². The number of nitrogens with one attached hydrogen (secondary N) is 1. The summed E-state index contributed by atoms with van der Waals surface area (Å²) in [5.41, 5.74) is 2.53. The molecule has 6 heteroatoms. The van der Waals surface area contributed by atoms with Gasteiger partial charge in [0.05, 0.1) is 11.5 Å². The van der Waals surface area contributed by atoms with Gasteiger partial charge in [-0.25, -0.2) is 18.4 Å². The van der Waals surface area contributed by atoms with Gasteiger partial charge in [-0.2, -0.15) is 0 Å². The zero-order valence-electron chi connectivity index (χ0n) is 11.0. The highest BCUT2D eigenvalue weighted by Gasteiger charge is 2.25. The molecule has 1 aliphatic heterocycles. The van der Waals surface area contributed by atoms with E-state index in [1.54, 1.807) is 0 Å². The van der Waals surface area contributed by atoms with E-state index in [9.17, 15) is 8.42 Å². The first-order valence-corrected chi connectivity index (χ1v) is 7.96. The molecular weight excluding hydrogens is 250 g/mol. The number of likely N-dealkylation sites (N-methyl/N-ethyl adjacent to an activating group) is 1. The summed E-state index contributed by atoms with van der Waals surface area (Å²) in [6, 6.07) is 0.315. The van der Waals surface area contributed by atoms with Gasteiger partial charge in [-0.3, -0.25) is 0 Å². The molecule has 2 rings (SSSR count). The third-order valence-corrected chi connectivity index (χ3v) is 4.90. The van der Waals surface area contributed by atoms with Crippen LogP contribution in [0.5, 0.6) is 0 Å². The summed E-state index contributed by atoms with van der Waals surface area (Å²) in [4.78, 5) is 8.94. The molecule has 1 unspecified atom stereocenters. The van der Waals surface area contributed by atoms with Gasteiger partial charge < -0.3 is 5.32 Å². The van der Waals surface area contributed by atoms with E-state index in [0.29, 0.717) is 12.5 Å². The lowest BCUT2D eigenvalue weighted by Crippen LogP contribution is -2.27. The molecule has 0 bridgehead atoms. The van der Waals surface area contributed by atoms with E-state index >= 15 is 0 Å². The lowest BCUT2D eigenvalue weighted by molar-refractivity contribution is 0.579. The lowest BCUT2D eigenvalue weighted by atomic mass is 10.1. The Hall–Kier alpha value is -1.01. The van der Waals surface area contributed by atoms with E-state index in [4.69, 9.17) is 0 Å². The molecule has 0 saturated heterocycles. The Bertz CT molecular complexity index is 555. The Morgan fingerprint density at radius 2 is 2.11 bits per heavy atom. The summed E-state index contributed by atoms with van der Waals surface area (Å²) >= 11 is 0. The summed E-state index contributed by atoms with van der Waals surface area (Å²) in [5.74, 6) is 1.10. The fourth-order valence-electron chi connectivity index (χ4n) is 2.12. The van der Waals surface area contributed by atoms with E-state index in [1.165, 1.54) is 0 Å². The summed E-state index contributed by atoms with van der Waals surface area (Å²) in [6.07, 6.45) is 1.28. The number of hydrogen-bond acceptors (Lipinski definition) is 5. The topological polar surface area (TPSA) is 72.0 Å². The van der Waals surface area contributed by atoms with Gasteiger partial charge in [-0.15, -0.1) is 0 Å². The molecule has 0 saturated carbocycles. The Morgan fingerprint density at radius 3 is 2.78 bits per heavy atom. The van der Waals surface area contributed by atoms with Crippen LogP contribution in [0, 0.1) is 6.92 Å². The standard InChI is InChI=1S/C12H19N3O2S/c1-8(13-3)6-12-14-9(2)10-7-18(16,17)5-4-11(10)15-12/h8,13H,4-7H2,1-3H3. The zero-order valence-corrected chi connectivity index (χ0v) is 11.8. The molecule has 0 fully saturated rings. The van der Waals surface area contributed by atoms with Gasteiger partial charge in [-0.05, 0) is 20.9 Å². The minimum absolute atomic E-state index is 0.0933. The van der Waals surface area contributed by atoms with Crippen LogP contribution in [0.1, 0.15) is 29.7 Å². The molecular formula is C12H19N3O2S. The van der Waals surface area contributed by atoms with E-state index in [1.807, 2.05) is 14.0 Å². The highest BCUT2D eigenvalue weighted by Crippen LogP contribution is 2.21. The first-order chi connectivity index (χ1) is 8.41. The predicted octanol–water partition coefficient (Wildman–Crippen LogP) is 0.406. The third-order valence-electron chi connectivity index (χ3n) is 3.34. The molecule has 5 nitrogen and oxygen atoms in total. The van der Waals surface area contributed by atoms with Crippen LogP contribution in [0.4, 0.5) is 0 Å². The molecule has 0 spiro atoms. The molecule has 1 aromatic heterocycles. The molecule has 0 aromatic carbocycles. The van der Waals surface area contributed by atoms with E-state index in [0.717, 1.165) is 29.2 Å². The first-order valence-electron chi connectivity index (χ1n) is 6.14. The highest BCUT2D eigenvalue weighted by atomic mass is 32.2. The molecule has 1 atom stereocenters. The van der Waals surface area contributed by atoms with Gasteiger partial charge in [0.15, 0.2) is 9.84 Å². The van der Waals surface area contributed by atoms with Crippen molar-refractivity contribution in [1.82, 2.24) is 15.3 Å². The molecule has 0 radical (unpaired) electrons. The summed E-state index contributed by atoms with van der Waals surface area (Å²) in [5, 5.41) is 3.15. The molecule has 0 amide bonds. The number of sulfone groups is 1. The van der Waals surface area contributed by atoms with Crippen LogP contribution >= 0.6 is 0 Å². The number of nitrogens with zero attached hydrogens (tertiary/aromatic N) is 2. The maximum Gasteiger partial charge on any atom is 0.154 e. The minimum Gasteiger partial charge on any atom is -0.317 e. The molecule has 1 aliphatic rings. The van der Waals surface area contributed by atoms with Crippen LogP contribution in [-0.2, 0) is 28.4 Å². The molecule has 18 heavy (non-hydrogen) atoms. The molecule has 1 N–H and O–H groups in total. The van der Waals surface area contributed by atoms with Gasteiger partial charge in [0.2, 0.25) is 0 Å². The normalized spacial score (nSPS) is 19.3. The summed E-state index contributed by atoms with van der Waals surface area (Å²) < 4.78 is 23.2. The number of hydrogen-bond donors (Lipinski definition) is 1. The van der Waals surface area contributed by atoms with E-state index in [-0.39, 0.29) is 11.5 Å². The second-order valence-corrected chi connectivity index (χ2v) is 7.07. The number of rotatable bonds is 3. The fourth-order valence-corrected chi connectivity index (χ4v) is 3.59. The van der Waals surface area contributed by atoms with Crippen molar-refractivity contribution >= 4 is 9.84 Å². The van der Waals surface area contributed by atoms with Gasteiger partial charge >= 0.3 is 0 Å². The second-order valence-electron chi connectivity index (χ2n) is 4.89. The van der Waals surface area contributed by atoms with Crippen LogP contribution in [-0.4, -0.2) is 37.2 Å². The van der Waals surface area contributed by atoms with Crippen LogP contribution in [0.15, 0.2) is 0 Å². The van der Waals surface area contributed by atoms with Crippen LogP contribution in [0.2, 0.25) is 0 Å². The first kappa shape index (κ1) is 13.4. The maximum atomic E-state index is 11.6. The van der Waals surface area contributed by atoms with E-state index < -0.39 is 9.84 Å². The summed E-state index contributed by atoms with van der Waals surface area (Å²) in [6.45, 7) is 3.94. The average Bonchev–Trinajstić information content (AvgIpc) is 2.29. The van der Waals surface area contributed by atoms with Crippen LogP contribution in [0.25, 0.3) is 0 Å². The quantitative estimate of drug-likeness (QED) is 0.860. The Balaban J connectivity index is 2.33. The Morgan fingerprint density at radius 1 is 1.39 bits per heavy atom. The van der Waals surface area contributed by atoms with Crippen molar-refractivity contribution < 1.29 is 8.42 Å². The van der Waals surface area contributed by atoms with Crippen molar-refractivity contribution in [1.29, 1.82) is 0 Å². The van der Waals surface area contributed by atoms with Crippen molar-refractivity contribution in [2.45, 2.75) is 38.5 Å². The largest absolute Gasteiger partial charge is 0.317 e. The van der Waals surface area contributed by atoms with Gasteiger partial charge in [0.1, 0.15) is 5.82 Å². The second kappa shape index (κ2) is 4.93. The fraction of sp³-hybridized carbons (Fsp3) is 0.667. The van der Waals surface area contributed by atoms with Crippen molar-refractivity contribution in [3.63, 3.8) is 0 Å². The van der Waals surface area contributed by atoms with Crippen molar-refractivity contribution in [2.24, 2.45) is 0 Å². The average molecular weight is 269 g/mol. The van der Waals surface area contributed by atoms with Gasteiger partial charge in [-0.1, -0.05) is 0 Å². The molecule has 1 aromatic rings. The van der Waals surface area contributed by atoms with Gasteiger partial charge in [0.25, 0.3) is 0 Å². The van der Waals surface area contributed by atoms with Crippen molar-refractivity contribution in [3.8, 4) is 0 Å². The van der Waals surface area contributed by atoms with Crippen LogP contribution in [0.3, 0.4) is 0 Å². The molecule has 2 heterocycles. The smallest absolute Gasteiger partial charge is 0.154 e. The maximum absolute atomic E-state index is 11.6. The number of aromatic nitrogens is 2. The highest BCUT2D eigenvalue weighted by molar-refractivity contribution is 7.90. The minimum atomic E-state index is -2.95. The predicted molar refractivity (Wildman–Crippen MR) is 70.2 cm³/mol. The Kier molecular flexibility index (Phi) is 3.68. The van der Waals surface area contributed by atoms with Crippen LogP contribution < -0.4 is 5.32 Å². The Labute approximate surface area is 108 Å². The monoisotopic (exact) mass is 269 g/mol. The van der Waals surface area contributed by atoms with Crippen molar-refractivity contribution in [3.05, 3.63) is 22.8 Å². The summed E-state index contributed by atoms with van der Waals surface area (Å²) in [7, 11) is -1.05. The third kappa shape index (κ3) is 2.87. The number of aryl methyl sites for hydroxylation is 2. The van der Waals surface area contributed by atoms with Gasteiger partial charge in [0, 0.05) is 35.8 Å². The zero-order chi connectivity index (χ0) is 13.3. The lowest BCUT2D eigenvalue weighted by Gasteiger charge is -2.19. The van der Waals surface area contributed by atoms with E-state index in [2.05, 4.69) is 22.2 Å². The SMILES string of the molecule is CNC(C)Cc1nc(C)c2c(n1)CCS(=O)(=O)C2. The molecule has 100 valence electrons. The number of fused-ring (bicyclic) bond motifs is 1. The molecule has 0 aliphatic carbocycles.